The molecule has 8 rings (SSSR count). The summed E-state index contributed by atoms with van der Waals surface area (Å²) < 4.78 is 1.96. The van der Waals surface area contributed by atoms with E-state index in [0.29, 0.717) is 18.7 Å². The lowest BCUT2D eigenvalue weighted by Gasteiger charge is -2.55. The number of aryl methyl sites for hydroxylation is 2. The zero-order valence-electron chi connectivity index (χ0n) is 34.2. The Bertz CT molecular complexity index is 2370. The Morgan fingerprint density at radius 3 is 2.28 bits per heavy atom. The van der Waals surface area contributed by atoms with Crippen molar-refractivity contribution in [3.05, 3.63) is 149 Å². The van der Waals surface area contributed by atoms with Crippen LogP contribution in [0.1, 0.15) is 38.2 Å². The van der Waals surface area contributed by atoms with Gasteiger partial charge in [-0.25, -0.2) is 14.8 Å². The number of aromatic nitrogens is 1. The first-order valence-electron chi connectivity index (χ1n) is 20.6. The molecular formula is C47H52N8O5. The number of carbonyl (C=O) groups is 4. The number of hydrogen-bond donors (Lipinski definition) is 2. The van der Waals surface area contributed by atoms with Crippen molar-refractivity contribution in [2.75, 3.05) is 45.8 Å². The van der Waals surface area contributed by atoms with Crippen molar-refractivity contribution < 1.29 is 24.3 Å². The molecule has 3 saturated heterocycles. The third-order valence-electron chi connectivity index (χ3n) is 11.9. The molecule has 0 unspecified atom stereocenters. The van der Waals surface area contributed by atoms with Gasteiger partial charge in [-0.1, -0.05) is 96.6 Å². The van der Waals surface area contributed by atoms with Crippen LogP contribution in [-0.4, -0.2) is 121 Å². The van der Waals surface area contributed by atoms with Gasteiger partial charge in [0.05, 0.1) is 24.2 Å². The number of phenolic OH excluding ortho intramolecular Hbond substituents is 1. The molecule has 0 spiro atoms. The summed E-state index contributed by atoms with van der Waals surface area (Å²) in [5, 5.41) is 17.1. The maximum atomic E-state index is 14.8. The van der Waals surface area contributed by atoms with Crippen molar-refractivity contribution in [2.45, 2.75) is 45.2 Å². The molecule has 4 heterocycles. The lowest BCUT2D eigenvalue weighted by Crippen LogP contribution is -2.76. The van der Waals surface area contributed by atoms with E-state index in [9.17, 15) is 24.3 Å². The molecule has 1 aromatic heterocycles. The predicted molar refractivity (Wildman–Crippen MR) is 229 cm³/mol. The molecule has 4 aromatic carbocycles. The Kier molecular flexibility index (Phi) is 11.7. The number of piperazine rings is 2. The smallest absolute Gasteiger partial charge is 0.334 e. The summed E-state index contributed by atoms with van der Waals surface area (Å²) >= 11 is 0. The minimum absolute atomic E-state index is 0.0217. The van der Waals surface area contributed by atoms with E-state index in [2.05, 4.69) is 48.0 Å². The first-order valence-corrected chi connectivity index (χ1v) is 20.6. The van der Waals surface area contributed by atoms with Crippen molar-refractivity contribution in [1.82, 2.24) is 39.5 Å². The largest absolute Gasteiger partial charge is 0.508 e. The molecule has 0 aliphatic carbocycles. The summed E-state index contributed by atoms with van der Waals surface area (Å²) in [6.07, 6.45) is 2.90. The van der Waals surface area contributed by atoms with Crippen LogP contribution in [0.4, 0.5) is 4.79 Å². The number of urea groups is 1. The minimum atomic E-state index is -0.925. The molecule has 310 valence electrons. The van der Waals surface area contributed by atoms with Crippen LogP contribution in [0.5, 0.6) is 5.75 Å². The quantitative estimate of drug-likeness (QED) is 0.182. The van der Waals surface area contributed by atoms with Crippen LogP contribution >= 0.6 is 0 Å². The van der Waals surface area contributed by atoms with Gasteiger partial charge < -0.3 is 29.7 Å². The number of para-hydroxylation sites is 1. The number of nitrogens with zero attached hydrogens (tertiary/aromatic N) is 7. The van der Waals surface area contributed by atoms with Crippen molar-refractivity contribution in [2.24, 2.45) is 7.05 Å². The van der Waals surface area contributed by atoms with Crippen molar-refractivity contribution >= 4 is 34.7 Å². The number of fused-ring (bicyclic) bond motifs is 2. The number of nitrogens with one attached hydrogen (secondary N) is 1. The van der Waals surface area contributed by atoms with Gasteiger partial charge >= 0.3 is 6.03 Å². The van der Waals surface area contributed by atoms with E-state index >= 15 is 0 Å². The molecule has 2 N–H and O–H groups in total. The lowest BCUT2D eigenvalue weighted by atomic mass is 9.98. The second kappa shape index (κ2) is 17.4. The molecule has 13 heteroatoms. The fraction of sp³-hybridized carbons (Fsp3) is 0.319. The first kappa shape index (κ1) is 40.3. The van der Waals surface area contributed by atoms with Crippen LogP contribution in [0.15, 0.2) is 116 Å². The fourth-order valence-electron chi connectivity index (χ4n) is 8.84. The second-order valence-corrected chi connectivity index (χ2v) is 16.0. The van der Waals surface area contributed by atoms with E-state index in [1.165, 1.54) is 11.1 Å². The van der Waals surface area contributed by atoms with Crippen molar-refractivity contribution in [3.8, 4) is 5.75 Å². The Balaban J connectivity index is 1.07. The predicted octanol–water partition coefficient (Wildman–Crippen LogP) is 4.89. The molecular weight excluding hydrogens is 757 g/mol. The second-order valence-electron chi connectivity index (χ2n) is 16.0. The summed E-state index contributed by atoms with van der Waals surface area (Å²) in [5.41, 5.74) is 6.47. The molecule has 60 heavy (non-hydrogen) atoms. The van der Waals surface area contributed by atoms with Crippen LogP contribution in [0, 0.1) is 6.92 Å². The Morgan fingerprint density at radius 2 is 1.57 bits per heavy atom. The van der Waals surface area contributed by atoms with E-state index in [-0.39, 0.29) is 62.6 Å². The fourth-order valence-corrected chi connectivity index (χ4v) is 8.84. The third kappa shape index (κ3) is 8.36. The highest BCUT2D eigenvalue weighted by Gasteiger charge is 2.51. The zero-order valence-corrected chi connectivity index (χ0v) is 34.2. The normalized spacial score (nSPS) is 18.8. The molecule has 0 saturated carbocycles. The van der Waals surface area contributed by atoms with Gasteiger partial charge in [-0.3, -0.25) is 19.3 Å². The van der Waals surface area contributed by atoms with Crippen LogP contribution in [-0.2, 0) is 42.7 Å². The highest BCUT2D eigenvalue weighted by molar-refractivity contribution is 6.07. The molecule has 0 bridgehead atoms. The van der Waals surface area contributed by atoms with Crippen molar-refractivity contribution in [1.29, 1.82) is 0 Å². The van der Waals surface area contributed by atoms with E-state index in [1.54, 1.807) is 50.2 Å². The van der Waals surface area contributed by atoms with E-state index in [4.69, 9.17) is 0 Å². The van der Waals surface area contributed by atoms with Gasteiger partial charge in [0.15, 0.2) is 0 Å². The monoisotopic (exact) mass is 808 g/mol. The van der Waals surface area contributed by atoms with E-state index in [0.717, 1.165) is 47.2 Å². The third-order valence-corrected chi connectivity index (χ3v) is 11.9. The molecule has 3 fully saturated rings. The number of hydrazine groups is 1. The number of hydrogen-bond acceptors (Lipinski definition) is 7. The van der Waals surface area contributed by atoms with Gasteiger partial charge in [0, 0.05) is 77.4 Å². The van der Waals surface area contributed by atoms with E-state index < -0.39 is 18.2 Å². The maximum absolute atomic E-state index is 14.8. The first-order chi connectivity index (χ1) is 29.1. The van der Waals surface area contributed by atoms with Gasteiger partial charge in [-0.2, -0.15) is 0 Å². The highest BCUT2D eigenvalue weighted by Crippen LogP contribution is 2.32. The summed E-state index contributed by atoms with van der Waals surface area (Å²) in [5.74, 6) is -0.445. The zero-order chi connectivity index (χ0) is 41.9. The van der Waals surface area contributed by atoms with Gasteiger partial charge in [0.2, 0.25) is 11.8 Å². The average Bonchev–Trinajstić information content (AvgIpc) is 3.60. The highest BCUT2D eigenvalue weighted by atomic mass is 16.3. The van der Waals surface area contributed by atoms with Gasteiger partial charge in [-0.15, -0.1) is 6.58 Å². The molecule has 3 aliphatic heterocycles. The topological polar surface area (TPSA) is 125 Å². The Labute approximate surface area is 350 Å². The average molecular weight is 809 g/mol. The summed E-state index contributed by atoms with van der Waals surface area (Å²) in [4.78, 5) is 64.8. The summed E-state index contributed by atoms with van der Waals surface area (Å²) in [7, 11) is 1.92. The van der Waals surface area contributed by atoms with Crippen LogP contribution in [0.3, 0.4) is 0 Å². The Morgan fingerprint density at radius 1 is 0.850 bits per heavy atom. The molecule has 13 nitrogen and oxygen atoms in total. The number of benzene rings is 4. The van der Waals surface area contributed by atoms with Gasteiger partial charge in [-0.05, 0) is 41.3 Å². The van der Waals surface area contributed by atoms with Crippen molar-refractivity contribution in [3.63, 3.8) is 0 Å². The van der Waals surface area contributed by atoms with Crippen LogP contribution in [0.25, 0.3) is 10.9 Å². The molecule has 5 aromatic rings. The molecule has 5 amide bonds. The maximum Gasteiger partial charge on any atom is 0.334 e. The van der Waals surface area contributed by atoms with Gasteiger partial charge in [0.1, 0.15) is 18.0 Å². The number of amides is 5. The molecule has 0 radical (unpaired) electrons. The van der Waals surface area contributed by atoms with E-state index in [1.807, 2.05) is 71.2 Å². The number of aromatic hydroxyl groups is 1. The summed E-state index contributed by atoms with van der Waals surface area (Å²) in [6, 6.07) is 29.3. The standard InChI is InChI=1S/C47H52N8O5/c1-4-21-53-32-43(57)54-41(26-34-17-19-38(56)20-18-34)46(59)52(31-42(54)55(53)47(60)48-27-35-9-6-5-7-10-35)29-37-11-8-12-39-40(30-49(3)44(37)39)45(58)51-24-22-50(23-25-51)28-36-15-13-33(2)14-16-36/h4-20,30,41-42,56H,1,21-29,31-32H2,2-3H3,(H,48,60)/t41-,42-/m0/s1. The lowest BCUT2D eigenvalue weighted by molar-refractivity contribution is -0.189. The van der Waals surface area contributed by atoms with Crippen LogP contribution < -0.4 is 5.32 Å². The molecule has 3 aliphatic rings. The number of rotatable bonds is 11. The molecule has 2 atom stereocenters. The minimum Gasteiger partial charge on any atom is -0.508 e. The van der Waals surface area contributed by atoms with Gasteiger partial charge in [0.25, 0.3) is 5.91 Å². The van der Waals surface area contributed by atoms with Crippen LogP contribution in [0.2, 0.25) is 0 Å². The SMILES string of the molecule is C=CCN1CC(=O)N2[C@@H](Cc3ccc(O)cc3)C(=O)N(Cc3cccc4c(C(=O)N5CCN(Cc6ccc(C)cc6)CC5)cn(C)c34)C[C@@H]2N1C(=O)NCc1ccccc1. The number of carbonyl (C=O) groups excluding carboxylic acids is 4. The Hall–Kier alpha value is -6.44. The summed E-state index contributed by atoms with van der Waals surface area (Å²) in [6.45, 7) is 10.3. The number of phenols is 1.